The van der Waals surface area contributed by atoms with Gasteiger partial charge in [-0.25, -0.2) is 4.98 Å². The highest BCUT2D eigenvalue weighted by molar-refractivity contribution is 5.96. The van der Waals surface area contributed by atoms with Crippen molar-refractivity contribution in [3.63, 3.8) is 0 Å². The maximum absolute atomic E-state index is 12.7. The number of hydrogen-bond donors (Lipinski definition) is 1. The third-order valence-corrected chi connectivity index (χ3v) is 5.67. The van der Waals surface area contributed by atoms with Crippen LogP contribution in [0.25, 0.3) is 0 Å². The molecule has 1 fully saturated rings. The summed E-state index contributed by atoms with van der Waals surface area (Å²) in [6.45, 7) is 1.20. The summed E-state index contributed by atoms with van der Waals surface area (Å²) in [6, 6.07) is 16.8. The van der Waals surface area contributed by atoms with E-state index < -0.39 is 0 Å². The van der Waals surface area contributed by atoms with E-state index in [2.05, 4.69) is 10.3 Å². The van der Waals surface area contributed by atoms with Crippen LogP contribution >= 0.6 is 0 Å². The van der Waals surface area contributed by atoms with E-state index in [0.29, 0.717) is 31.0 Å². The van der Waals surface area contributed by atoms with Crippen molar-refractivity contribution in [2.24, 2.45) is 0 Å². The summed E-state index contributed by atoms with van der Waals surface area (Å²) < 4.78 is 11.2. The van der Waals surface area contributed by atoms with Crippen LogP contribution in [0, 0.1) is 0 Å². The lowest BCUT2D eigenvalue weighted by Crippen LogP contribution is -2.44. The van der Waals surface area contributed by atoms with Gasteiger partial charge in [-0.1, -0.05) is 30.3 Å². The molecule has 1 atom stereocenters. The highest BCUT2D eigenvalue weighted by Crippen LogP contribution is 2.27. The number of nitrogens with zero attached hydrogens (tertiary/aromatic N) is 2. The molecule has 7 heteroatoms. The topological polar surface area (TPSA) is 84.7 Å². The average molecular weight is 434 g/mol. The fourth-order valence-electron chi connectivity index (χ4n) is 3.90. The molecule has 1 aliphatic heterocycles. The third kappa shape index (κ3) is 5.35. The number of oxazole rings is 1. The average Bonchev–Trinajstić information content (AvgIpc) is 3.32. The number of likely N-dealkylation sites (tertiary alicyclic amines) is 1. The van der Waals surface area contributed by atoms with Gasteiger partial charge in [0.05, 0.1) is 25.8 Å². The van der Waals surface area contributed by atoms with Crippen LogP contribution in [0.5, 0.6) is 5.75 Å². The summed E-state index contributed by atoms with van der Waals surface area (Å²) >= 11 is 0. The van der Waals surface area contributed by atoms with Gasteiger partial charge in [0.2, 0.25) is 5.91 Å². The number of methoxy groups -OCH3 is 1. The Balaban J connectivity index is 1.31. The lowest BCUT2D eigenvalue weighted by atomic mass is 9.98. The molecule has 166 valence electrons. The van der Waals surface area contributed by atoms with Gasteiger partial charge >= 0.3 is 0 Å². The molecule has 1 N–H and O–H groups in total. The van der Waals surface area contributed by atoms with Crippen molar-refractivity contribution in [1.29, 1.82) is 0 Å². The first-order valence-electron chi connectivity index (χ1n) is 10.8. The Labute approximate surface area is 187 Å². The Kier molecular flexibility index (Phi) is 6.84. The zero-order valence-corrected chi connectivity index (χ0v) is 18.1. The summed E-state index contributed by atoms with van der Waals surface area (Å²) in [5, 5.41) is 2.71. The van der Waals surface area contributed by atoms with Gasteiger partial charge in [0.25, 0.3) is 5.91 Å². The number of rotatable bonds is 7. The second-order valence-corrected chi connectivity index (χ2v) is 7.92. The summed E-state index contributed by atoms with van der Waals surface area (Å²) in [6.07, 6.45) is 4.21. The van der Waals surface area contributed by atoms with Gasteiger partial charge in [-0.05, 0) is 42.7 Å². The van der Waals surface area contributed by atoms with E-state index in [1.165, 1.54) is 0 Å². The maximum Gasteiger partial charge on any atom is 0.251 e. The maximum atomic E-state index is 12.7. The van der Waals surface area contributed by atoms with Gasteiger partial charge in [-0.2, -0.15) is 0 Å². The second kappa shape index (κ2) is 10.1. The number of amides is 2. The zero-order chi connectivity index (χ0) is 22.3. The fraction of sp³-hybridized carbons (Fsp3) is 0.320. The first-order chi connectivity index (χ1) is 15.6. The first-order valence-corrected chi connectivity index (χ1v) is 10.8. The van der Waals surface area contributed by atoms with Crippen molar-refractivity contribution in [2.75, 3.05) is 26.7 Å². The van der Waals surface area contributed by atoms with Crippen molar-refractivity contribution in [2.45, 2.75) is 25.2 Å². The van der Waals surface area contributed by atoms with Crippen LogP contribution < -0.4 is 10.1 Å². The Morgan fingerprint density at radius 1 is 1.16 bits per heavy atom. The predicted octanol–water partition coefficient (Wildman–Crippen LogP) is 3.41. The normalized spacial score (nSPS) is 15.9. The van der Waals surface area contributed by atoms with Gasteiger partial charge < -0.3 is 19.4 Å². The molecule has 1 aliphatic rings. The molecule has 2 aromatic carbocycles. The zero-order valence-electron chi connectivity index (χ0n) is 18.1. The van der Waals surface area contributed by atoms with E-state index in [4.69, 9.17) is 9.15 Å². The fourth-order valence-corrected chi connectivity index (χ4v) is 3.90. The number of nitrogens with one attached hydrogen (secondary N) is 1. The van der Waals surface area contributed by atoms with Crippen LogP contribution in [0.4, 0.5) is 0 Å². The number of carbonyl (C=O) groups excluding carboxylic acids is 2. The Hall–Kier alpha value is -3.61. The lowest BCUT2D eigenvalue weighted by molar-refractivity contribution is -0.131. The summed E-state index contributed by atoms with van der Waals surface area (Å²) in [4.78, 5) is 31.1. The number of piperidine rings is 1. The molecular weight excluding hydrogens is 406 g/mol. The SMILES string of the molecule is COc1ccc(Cc2cnc(C3CCCN(C(=O)CNC(=O)c4ccccc4)C3)o2)cc1. The first kappa shape index (κ1) is 21.6. The molecule has 0 saturated carbocycles. The third-order valence-electron chi connectivity index (χ3n) is 5.67. The molecule has 7 nitrogen and oxygen atoms in total. The second-order valence-electron chi connectivity index (χ2n) is 7.92. The van der Waals surface area contributed by atoms with Crippen LogP contribution in [0.2, 0.25) is 0 Å². The molecule has 0 bridgehead atoms. The molecule has 3 aromatic rings. The van der Waals surface area contributed by atoms with Crippen molar-refractivity contribution in [3.8, 4) is 5.75 Å². The van der Waals surface area contributed by atoms with Crippen molar-refractivity contribution >= 4 is 11.8 Å². The number of hydrogen-bond acceptors (Lipinski definition) is 5. The summed E-state index contributed by atoms with van der Waals surface area (Å²) in [5.74, 6) is 2.00. The van der Waals surface area contributed by atoms with Crippen molar-refractivity contribution < 1.29 is 18.7 Å². The van der Waals surface area contributed by atoms with Crippen LogP contribution in [0.1, 0.15) is 46.3 Å². The Morgan fingerprint density at radius 2 is 1.94 bits per heavy atom. The molecular formula is C25H27N3O4. The highest BCUT2D eigenvalue weighted by Gasteiger charge is 2.28. The molecule has 0 aliphatic carbocycles. The van der Waals surface area contributed by atoms with Crippen molar-refractivity contribution in [3.05, 3.63) is 83.6 Å². The number of aromatic nitrogens is 1. The van der Waals surface area contributed by atoms with Gasteiger partial charge in [-0.3, -0.25) is 9.59 Å². The van der Waals surface area contributed by atoms with Crippen LogP contribution in [0.3, 0.4) is 0 Å². The number of benzene rings is 2. The molecule has 0 radical (unpaired) electrons. The Morgan fingerprint density at radius 3 is 2.69 bits per heavy atom. The minimum Gasteiger partial charge on any atom is -0.497 e. The predicted molar refractivity (Wildman–Crippen MR) is 120 cm³/mol. The largest absolute Gasteiger partial charge is 0.497 e. The van der Waals surface area contributed by atoms with Gasteiger partial charge in [-0.15, -0.1) is 0 Å². The molecule has 2 heterocycles. The van der Waals surface area contributed by atoms with Gasteiger partial charge in [0.15, 0.2) is 5.89 Å². The van der Waals surface area contributed by atoms with Gasteiger partial charge in [0.1, 0.15) is 11.5 Å². The van der Waals surface area contributed by atoms with E-state index in [9.17, 15) is 9.59 Å². The van der Waals surface area contributed by atoms with E-state index in [0.717, 1.165) is 29.9 Å². The van der Waals surface area contributed by atoms with Crippen molar-refractivity contribution in [1.82, 2.24) is 15.2 Å². The minimum atomic E-state index is -0.247. The van der Waals surface area contributed by atoms with E-state index in [1.807, 2.05) is 30.3 Å². The van der Waals surface area contributed by atoms with Crippen LogP contribution in [-0.4, -0.2) is 48.4 Å². The number of ether oxygens (including phenoxy) is 1. The number of carbonyl (C=O) groups is 2. The molecule has 32 heavy (non-hydrogen) atoms. The molecule has 0 spiro atoms. The molecule has 2 amide bonds. The molecule has 1 saturated heterocycles. The van der Waals surface area contributed by atoms with Crippen LogP contribution in [0.15, 0.2) is 65.2 Å². The van der Waals surface area contributed by atoms with Gasteiger partial charge in [0, 0.05) is 25.1 Å². The standard InChI is InChI=1S/C25H27N3O4/c1-31-21-11-9-18(10-12-21)14-22-15-27-25(32-22)20-8-5-13-28(17-20)23(29)16-26-24(30)19-6-3-2-4-7-19/h2-4,6-7,9-12,15,20H,5,8,13-14,16-17H2,1H3,(H,26,30). The van der Waals surface area contributed by atoms with Crippen LogP contribution in [-0.2, 0) is 11.2 Å². The quantitative estimate of drug-likeness (QED) is 0.617. The highest BCUT2D eigenvalue weighted by atomic mass is 16.5. The smallest absolute Gasteiger partial charge is 0.251 e. The molecule has 1 aromatic heterocycles. The summed E-state index contributed by atoms with van der Waals surface area (Å²) in [7, 11) is 1.65. The minimum absolute atomic E-state index is 0.0191. The molecule has 1 unspecified atom stereocenters. The Bertz CT molecular complexity index is 1050. The monoisotopic (exact) mass is 433 g/mol. The lowest BCUT2D eigenvalue weighted by Gasteiger charge is -2.31. The summed E-state index contributed by atoms with van der Waals surface area (Å²) in [5.41, 5.74) is 1.66. The van der Waals surface area contributed by atoms with E-state index >= 15 is 0 Å². The van der Waals surface area contributed by atoms with E-state index in [1.54, 1.807) is 42.5 Å². The van der Waals surface area contributed by atoms with E-state index in [-0.39, 0.29) is 24.3 Å². The molecule has 4 rings (SSSR count).